The Kier molecular flexibility index (Phi) is 7.59. The highest BCUT2D eigenvalue weighted by atomic mass is 32.2. The minimum absolute atomic E-state index is 0.0920. The van der Waals surface area contributed by atoms with E-state index in [9.17, 15) is 17.2 Å². The van der Waals surface area contributed by atoms with Gasteiger partial charge in [-0.2, -0.15) is 0 Å². The van der Waals surface area contributed by atoms with Crippen LogP contribution in [0.25, 0.3) is 5.69 Å². The number of benzene rings is 1. The van der Waals surface area contributed by atoms with Gasteiger partial charge in [-0.1, -0.05) is 6.07 Å². The SMILES string of the molecule is Cc1cnc([C@H](Cc2nnc([C@@H]3CCCOC3)n2-c2c(F)cccc2F)[C@@H](C)N[SH](=O)=O)nc1. The molecule has 9 nitrogen and oxygen atoms in total. The second-order valence-corrected chi connectivity index (χ2v) is 9.17. The molecule has 1 aliphatic rings. The van der Waals surface area contributed by atoms with E-state index in [1.165, 1.54) is 22.8 Å². The van der Waals surface area contributed by atoms with Crippen LogP contribution in [0.2, 0.25) is 0 Å². The highest BCUT2D eigenvalue weighted by Gasteiger charge is 2.31. The van der Waals surface area contributed by atoms with Crippen molar-refractivity contribution >= 4 is 10.9 Å². The van der Waals surface area contributed by atoms with Crippen LogP contribution in [0.3, 0.4) is 0 Å². The van der Waals surface area contributed by atoms with E-state index in [1.54, 1.807) is 19.3 Å². The smallest absolute Gasteiger partial charge is 0.201 e. The van der Waals surface area contributed by atoms with Crippen molar-refractivity contribution in [1.29, 1.82) is 0 Å². The summed E-state index contributed by atoms with van der Waals surface area (Å²) < 4.78 is 62.0. The Morgan fingerprint density at radius 3 is 2.53 bits per heavy atom. The molecule has 0 aliphatic carbocycles. The zero-order chi connectivity index (χ0) is 24.2. The lowest BCUT2D eigenvalue weighted by atomic mass is 9.96. The molecule has 0 spiro atoms. The number of para-hydroxylation sites is 1. The van der Waals surface area contributed by atoms with Crippen LogP contribution >= 0.6 is 0 Å². The molecule has 3 atom stereocenters. The summed E-state index contributed by atoms with van der Waals surface area (Å²) in [6.45, 7) is 4.51. The van der Waals surface area contributed by atoms with Crippen molar-refractivity contribution in [3.05, 3.63) is 65.3 Å². The molecule has 0 bridgehead atoms. The highest BCUT2D eigenvalue weighted by Crippen LogP contribution is 2.31. The maximum Gasteiger partial charge on any atom is 0.201 e. The molecule has 0 unspecified atom stereocenters. The third kappa shape index (κ3) is 5.29. The van der Waals surface area contributed by atoms with Crippen molar-refractivity contribution < 1.29 is 21.9 Å². The Balaban J connectivity index is 1.81. The average Bonchev–Trinajstić information content (AvgIpc) is 3.21. The highest BCUT2D eigenvalue weighted by molar-refractivity contribution is 7.70. The minimum Gasteiger partial charge on any atom is -0.381 e. The Labute approximate surface area is 197 Å². The van der Waals surface area contributed by atoms with Gasteiger partial charge in [0.25, 0.3) is 0 Å². The van der Waals surface area contributed by atoms with Gasteiger partial charge in [-0.25, -0.2) is 31.9 Å². The predicted molar refractivity (Wildman–Crippen MR) is 120 cm³/mol. The predicted octanol–water partition coefficient (Wildman–Crippen LogP) is 2.37. The van der Waals surface area contributed by atoms with E-state index in [0.29, 0.717) is 24.9 Å². The minimum atomic E-state index is -2.90. The third-order valence-electron chi connectivity index (χ3n) is 5.89. The quantitative estimate of drug-likeness (QED) is 0.465. The molecule has 1 aromatic carbocycles. The van der Waals surface area contributed by atoms with Crippen molar-refractivity contribution in [2.45, 2.75) is 51.0 Å². The molecule has 34 heavy (non-hydrogen) atoms. The van der Waals surface area contributed by atoms with Crippen LogP contribution in [0.4, 0.5) is 8.78 Å². The second kappa shape index (κ2) is 10.6. The van der Waals surface area contributed by atoms with Crippen LogP contribution in [-0.2, 0) is 22.0 Å². The Morgan fingerprint density at radius 1 is 1.21 bits per heavy atom. The number of aryl methyl sites for hydroxylation is 1. The average molecular weight is 493 g/mol. The molecular weight excluding hydrogens is 466 g/mol. The number of halogens is 2. The van der Waals surface area contributed by atoms with Gasteiger partial charge in [-0.15, -0.1) is 10.2 Å². The Hall–Kier alpha value is -2.83. The first kappa shape index (κ1) is 24.3. The number of thiol groups is 1. The molecule has 1 fully saturated rings. The molecule has 182 valence electrons. The van der Waals surface area contributed by atoms with Crippen molar-refractivity contribution in [2.75, 3.05) is 13.2 Å². The topological polar surface area (TPSA) is 112 Å². The molecule has 0 amide bonds. The first-order chi connectivity index (χ1) is 16.3. The van der Waals surface area contributed by atoms with Gasteiger partial charge in [-0.3, -0.25) is 4.57 Å². The van der Waals surface area contributed by atoms with Crippen molar-refractivity contribution in [3.8, 4) is 5.69 Å². The van der Waals surface area contributed by atoms with E-state index in [1.807, 2.05) is 6.92 Å². The lowest BCUT2D eigenvalue weighted by Crippen LogP contribution is -2.34. The monoisotopic (exact) mass is 492 g/mol. The largest absolute Gasteiger partial charge is 0.381 e. The van der Waals surface area contributed by atoms with E-state index in [4.69, 9.17) is 4.74 Å². The number of aromatic nitrogens is 5. The van der Waals surface area contributed by atoms with Gasteiger partial charge in [0.1, 0.15) is 34.8 Å². The summed E-state index contributed by atoms with van der Waals surface area (Å²) in [5.41, 5.74) is 0.566. The van der Waals surface area contributed by atoms with Gasteiger partial charge in [0.2, 0.25) is 10.9 Å². The van der Waals surface area contributed by atoms with Crippen LogP contribution in [-0.4, -0.2) is 52.4 Å². The van der Waals surface area contributed by atoms with Gasteiger partial charge in [0.15, 0.2) is 0 Å². The first-order valence-electron chi connectivity index (χ1n) is 11.0. The summed E-state index contributed by atoms with van der Waals surface area (Å²) in [7, 11) is -2.90. The maximum atomic E-state index is 14.9. The zero-order valence-electron chi connectivity index (χ0n) is 18.8. The number of hydrogen-bond donors (Lipinski definition) is 2. The summed E-state index contributed by atoms with van der Waals surface area (Å²) in [5, 5.41) is 8.58. The molecule has 3 aromatic rings. The number of nitrogens with zero attached hydrogens (tertiary/aromatic N) is 5. The van der Waals surface area contributed by atoms with Crippen molar-refractivity contribution in [3.63, 3.8) is 0 Å². The molecule has 1 aliphatic heterocycles. The van der Waals surface area contributed by atoms with Crippen molar-refractivity contribution in [2.24, 2.45) is 0 Å². The standard InChI is InChI=1S/C22H26F2N6O3S/c1-13-10-25-21(26-11-13)16(14(2)29-34(31)32)9-19-27-28-22(15-5-4-8-33-12-15)30(19)20-17(23)6-3-7-18(20)24/h3,6-7,10-11,14-16,34H,4-5,8-9,12H2,1-2H3,(H,29,31,32)/t14-,15-,16-/m1/s1. The molecule has 12 heteroatoms. The van der Waals surface area contributed by atoms with Crippen LogP contribution in [0, 0.1) is 18.6 Å². The number of hydrogen-bond acceptors (Lipinski definition) is 7. The van der Waals surface area contributed by atoms with Crippen molar-refractivity contribution in [1.82, 2.24) is 29.5 Å². The Morgan fingerprint density at radius 2 is 1.91 bits per heavy atom. The summed E-state index contributed by atoms with van der Waals surface area (Å²) in [4.78, 5) is 8.73. The number of rotatable bonds is 8. The molecule has 4 rings (SSSR count). The van der Waals surface area contributed by atoms with Gasteiger partial charge in [0, 0.05) is 43.3 Å². The molecule has 1 saturated heterocycles. The first-order valence-corrected chi connectivity index (χ1v) is 12.2. The number of nitrogens with one attached hydrogen (secondary N) is 1. The fourth-order valence-electron chi connectivity index (χ4n) is 4.16. The van der Waals surface area contributed by atoms with Crippen LogP contribution in [0.15, 0.2) is 30.6 Å². The van der Waals surface area contributed by atoms with E-state index in [2.05, 4.69) is 24.9 Å². The third-order valence-corrected chi connectivity index (χ3v) is 6.51. The molecule has 2 aromatic heterocycles. The summed E-state index contributed by atoms with van der Waals surface area (Å²) in [6.07, 6.45) is 4.89. The molecular formula is C22H26F2N6O3S. The van der Waals surface area contributed by atoms with Crippen LogP contribution in [0.5, 0.6) is 0 Å². The zero-order valence-corrected chi connectivity index (χ0v) is 19.7. The van der Waals surface area contributed by atoms with E-state index in [0.717, 1.165) is 18.4 Å². The fraction of sp³-hybridized carbons (Fsp3) is 0.455. The summed E-state index contributed by atoms with van der Waals surface area (Å²) >= 11 is 0. The van der Waals surface area contributed by atoms with E-state index < -0.39 is 34.5 Å². The molecule has 3 heterocycles. The lowest BCUT2D eigenvalue weighted by Gasteiger charge is -2.24. The van der Waals surface area contributed by atoms with Gasteiger partial charge in [0.05, 0.1) is 6.61 Å². The van der Waals surface area contributed by atoms with Gasteiger partial charge >= 0.3 is 0 Å². The molecule has 0 radical (unpaired) electrons. The summed E-state index contributed by atoms with van der Waals surface area (Å²) in [6, 6.07) is 3.04. The van der Waals surface area contributed by atoms with E-state index in [-0.39, 0.29) is 23.9 Å². The maximum absolute atomic E-state index is 14.9. The van der Waals surface area contributed by atoms with Crippen LogP contribution < -0.4 is 4.72 Å². The second-order valence-electron chi connectivity index (χ2n) is 8.40. The number of ether oxygens (including phenoxy) is 1. The summed E-state index contributed by atoms with van der Waals surface area (Å²) in [5.74, 6) is -1.21. The normalized spacial score (nSPS) is 18.2. The lowest BCUT2D eigenvalue weighted by molar-refractivity contribution is 0.0774. The van der Waals surface area contributed by atoms with Gasteiger partial charge in [-0.05, 0) is 44.4 Å². The van der Waals surface area contributed by atoms with E-state index >= 15 is 0 Å². The molecule has 0 saturated carbocycles. The molecule has 1 N–H and O–H groups in total. The van der Waals surface area contributed by atoms with Gasteiger partial charge < -0.3 is 4.74 Å². The fourth-order valence-corrected chi connectivity index (χ4v) is 4.67. The van der Waals surface area contributed by atoms with Crippen LogP contribution in [0.1, 0.15) is 54.6 Å². The Bertz CT molecular complexity index is 1180.